The molecule has 0 aliphatic carbocycles. The van der Waals surface area contributed by atoms with Crippen LogP contribution in [0.15, 0.2) is 179 Å². The molecule has 5 aromatic carbocycles. The standard InChI is InChI=1S/C44H32O2.2BF4/c1-5-13-35(14-6-1)39-29-41(45-43(31-39)37-17-9-3-10-18-37)27-25-33-21-23-34(24-22-33)26-28-42-30-40(36-15-7-2-8-16-36)32-44(46-42)38-19-11-4-12-20-38;2*2-1(3,4)5/h1-32H;;/q+2;2*-1/b27-25+,28-26+;;. The largest absolute Gasteiger partial charge is 0.673 e. The Kier molecular flexibility index (Phi) is 13.9. The fourth-order valence-electron chi connectivity index (χ4n) is 5.37. The number of hydrogen-bond donors (Lipinski definition) is 0. The topological polar surface area (TPSA) is 22.6 Å². The highest BCUT2D eigenvalue weighted by Crippen LogP contribution is 2.31. The van der Waals surface area contributed by atoms with Crippen LogP contribution in [0.4, 0.5) is 34.5 Å². The van der Waals surface area contributed by atoms with E-state index in [1.54, 1.807) is 0 Å². The minimum absolute atomic E-state index is 0.790. The molecule has 0 aliphatic heterocycles. The lowest BCUT2D eigenvalue weighted by Gasteiger charge is -2.01. The number of benzene rings is 5. The third-order valence-corrected chi connectivity index (χ3v) is 7.77. The van der Waals surface area contributed by atoms with Gasteiger partial charge in [-0.2, -0.15) is 0 Å². The third-order valence-electron chi connectivity index (χ3n) is 7.77. The van der Waals surface area contributed by atoms with E-state index in [0.717, 1.165) is 67.5 Å². The molecule has 0 unspecified atom stereocenters. The predicted molar refractivity (Wildman–Crippen MR) is 213 cm³/mol. The zero-order valence-corrected chi connectivity index (χ0v) is 29.5. The Balaban J connectivity index is 0.000000536. The van der Waals surface area contributed by atoms with Gasteiger partial charge in [-0.1, -0.05) is 121 Å². The lowest BCUT2D eigenvalue weighted by Crippen LogP contribution is -2.02. The van der Waals surface area contributed by atoms with Crippen molar-refractivity contribution >= 4 is 38.8 Å². The van der Waals surface area contributed by atoms with Gasteiger partial charge in [0.25, 0.3) is 0 Å². The molecule has 2 heterocycles. The van der Waals surface area contributed by atoms with Crippen LogP contribution in [0, 0.1) is 0 Å². The van der Waals surface area contributed by atoms with Gasteiger partial charge in [-0.25, -0.2) is 8.83 Å². The van der Waals surface area contributed by atoms with Crippen LogP contribution in [0.25, 0.3) is 69.2 Å². The fourth-order valence-corrected chi connectivity index (χ4v) is 5.37. The van der Waals surface area contributed by atoms with Crippen LogP contribution in [0.5, 0.6) is 0 Å². The Bertz CT molecular complexity index is 2040. The first-order valence-corrected chi connectivity index (χ1v) is 17.2. The van der Waals surface area contributed by atoms with E-state index in [1.165, 1.54) is 0 Å². The van der Waals surface area contributed by atoms with Crippen LogP contribution in [-0.4, -0.2) is 14.5 Å². The SMILES string of the molecule is C(=C\c1cc(-c2ccccc2)cc(-c2ccccc2)[o+]1)/c1ccc(/C=C/c2cc(-c3ccccc3)cc(-c3ccccc3)[o+]2)cc1.F[B-](F)(F)F.F[B-](F)(F)F. The van der Waals surface area contributed by atoms with Crippen molar-refractivity contribution < 1.29 is 43.4 Å². The molecule has 0 bridgehead atoms. The first kappa shape index (κ1) is 40.6. The van der Waals surface area contributed by atoms with E-state index < -0.39 is 14.5 Å². The molecule has 0 N–H and O–H groups in total. The molecule has 0 aliphatic rings. The first-order chi connectivity index (χ1) is 26.8. The van der Waals surface area contributed by atoms with E-state index in [1.807, 2.05) is 60.7 Å². The van der Waals surface area contributed by atoms with E-state index in [2.05, 4.69) is 133 Å². The molecule has 12 heteroatoms. The summed E-state index contributed by atoms with van der Waals surface area (Å²) >= 11 is 0. The van der Waals surface area contributed by atoms with Gasteiger partial charge in [-0.05, 0) is 58.7 Å². The Morgan fingerprint density at radius 2 is 0.571 bits per heavy atom. The summed E-state index contributed by atoms with van der Waals surface area (Å²) in [5, 5.41) is 0. The van der Waals surface area contributed by atoms with Gasteiger partial charge >= 0.3 is 37.5 Å². The first-order valence-electron chi connectivity index (χ1n) is 17.2. The molecule has 0 saturated carbocycles. The molecule has 0 amide bonds. The van der Waals surface area contributed by atoms with E-state index in [-0.39, 0.29) is 0 Å². The van der Waals surface area contributed by atoms with Crippen molar-refractivity contribution in [2.24, 2.45) is 0 Å². The molecular formula is C44H32B2F8O2. The highest BCUT2D eigenvalue weighted by atomic mass is 19.5. The zero-order valence-electron chi connectivity index (χ0n) is 29.5. The lowest BCUT2D eigenvalue weighted by molar-refractivity contribution is 0.366. The molecule has 282 valence electrons. The molecule has 0 radical (unpaired) electrons. The Hall–Kier alpha value is -6.55. The molecule has 0 spiro atoms. The summed E-state index contributed by atoms with van der Waals surface area (Å²) in [5.41, 5.74) is 8.79. The minimum atomic E-state index is -6.00. The van der Waals surface area contributed by atoms with Crippen LogP contribution in [0.2, 0.25) is 0 Å². The van der Waals surface area contributed by atoms with Gasteiger partial charge in [0.05, 0.1) is 35.4 Å². The van der Waals surface area contributed by atoms with Gasteiger partial charge in [0, 0.05) is 23.3 Å². The summed E-state index contributed by atoms with van der Waals surface area (Å²) in [6, 6.07) is 58.1. The van der Waals surface area contributed by atoms with Crippen LogP contribution in [0.3, 0.4) is 0 Å². The third kappa shape index (κ3) is 14.0. The van der Waals surface area contributed by atoms with Crippen molar-refractivity contribution in [3.05, 3.63) is 193 Å². The van der Waals surface area contributed by atoms with E-state index in [0.29, 0.717) is 0 Å². The van der Waals surface area contributed by atoms with E-state index >= 15 is 0 Å². The van der Waals surface area contributed by atoms with Crippen molar-refractivity contribution in [2.45, 2.75) is 0 Å². The van der Waals surface area contributed by atoms with Crippen molar-refractivity contribution in [3.8, 4) is 44.9 Å². The summed E-state index contributed by atoms with van der Waals surface area (Å²) in [7, 11) is -12.0. The highest BCUT2D eigenvalue weighted by molar-refractivity contribution is 6.50. The summed E-state index contributed by atoms with van der Waals surface area (Å²) in [6.07, 6.45) is 8.23. The summed E-state index contributed by atoms with van der Waals surface area (Å²) < 4.78 is 90.7. The fraction of sp³-hybridized carbons (Fsp3) is 0. The van der Waals surface area contributed by atoms with E-state index in [4.69, 9.17) is 8.83 Å². The van der Waals surface area contributed by atoms with Crippen molar-refractivity contribution in [1.29, 1.82) is 0 Å². The molecule has 2 nitrogen and oxygen atoms in total. The molecule has 0 fully saturated rings. The molecule has 7 aromatic rings. The van der Waals surface area contributed by atoms with Crippen molar-refractivity contribution in [2.75, 3.05) is 0 Å². The number of halogens is 8. The zero-order chi connectivity index (χ0) is 40.0. The van der Waals surface area contributed by atoms with Gasteiger partial charge in [0.15, 0.2) is 0 Å². The maximum Gasteiger partial charge on any atom is 0.673 e. The number of hydrogen-bond acceptors (Lipinski definition) is 0. The van der Waals surface area contributed by atoms with Crippen molar-refractivity contribution in [3.63, 3.8) is 0 Å². The summed E-state index contributed by atoms with van der Waals surface area (Å²) in [4.78, 5) is 0. The second kappa shape index (κ2) is 19.2. The van der Waals surface area contributed by atoms with Crippen molar-refractivity contribution in [1.82, 2.24) is 0 Å². The molecular weight excluding hydrogens is 734 g/mol. The molecule has 7 rings (SSSR count). The van der Waals surface area contributed by atoms with Gasteiger partial charge in [-0.15, -0.1) is 0 Å². The maximum atomic E-state index is 9.75. The van der Waals surface area contributed by atoms with Crippen LogP contribution >= 0.6 is 0 Å². The van der Waals surface area contributed by atoms with E-state index in [9.17, 15) is 34.5 Å². The average Bonchev–Trinajstić information content (AvgIpc) is 3.19. The van der Waals surface area contributed by atoms with Crippen LogP contribution < -0.4 is 0 Å². The second-order valence-electron chi connectivity index (χ2n) is 12.0. The predicted octanol–water partition coefficient (Wildman–Crippen LogP) is 15.0. The Morgan fingerprint density at radius 1 is 0.304 bits per heavy atom. The Labute approximate surface area is 319 Å². The molecule has 0 saturated heterocycles. The van der Waals surface area contributed by atoms with Gasteiger partial charge < -0.3 is 34.5 Å². The minimum Gasteiger partial charge on any atom is -0.418 e. The Morgan fingerprint density at radius 3 is 0.857 bits per heavy atom. The summed E-state index contributed by atoms with van der Waals surface area (Å²) in [5.74, 6) is 3.25. The van der Waals surface area contributed by atoms with Crippen LogP contribution in [-0.2, 0) is 0 Å². The molecule has 56 heavy (non-hydrogen) atoms. The summed E-state index contributed by atoms with van der Waals surface area (Å²) in [6.45, 7) is 0. The van der Waals surface area contributed by atoms with Crippen LogP contribution in [0.1, 0.15) is 22.6 Å². The highest BCUT2D eigenvalue weighted by Gasteiger charge is 2.21. The molecule has 0 atom stereocenters. The number of rotatable bonds is 8. The quantitative estimate of drug-likeness (QED) is 0.0873. The van der Waals surface area contributed by atoms with Gasteiger partial charge in [0.2, 0.25) is 0 Å². The van der Waals surface area contributed by atoms with Gasteiger partial charge in [0.1, 0.15) is 0 Å². The average molecular weight is 766 g/mol. The van der Waals surface area contributed by atoms with Gasteiger partial charge in [-0.3, -0.25) is 0 Å². The lowest BCUT2D eigenvalue weighted by atomic mass is 10.0. The maximum absolute atomic E-state index is 9.75. The second-order valence-corrected chi connectivity index (χ2v) is 12.0. The molecule has 2 aromatic heterocycles. The smallest absolute Gasteiger partial charge is 0.418 e. The monoisotopic (exact) mass is 766 g/mol. The normalized spacial score (nSPS) is 11.4.